The van der Waals surface area contributed by atoms with Crippen molar-refractivity contribution in [3.8, 4) is 0 Å². The maximum Gasteiger partial charge on any atom is 0.193 e. The van der Waals surface area contributed by atoms with Crippen LogP contribution in [0.5, 0.6) is 0 Å². The maximum atomic E-state index is 5.19. The first-order valence-electron chi connectivity index (χ1n) is 9.92. The summed E-state index contributed by atoms with van der Waals surface area (Å²) >= 11 is 0. The van der Waals surface area contributed by atoms with Gasteiger partial charge in [-0.05, 0) is 56.5 Å². The Labute approximate surface area is 147 Å². The number of hydrogen-bond acceptors (Lipinski definition) is 3. The summed E-state index contributed by atoms with van der Waals surface area (Å²) in [6.45, 7) is 7.84. The summed E-state index contributed by atoms with van der Waals surface area (Å²) in [6, 6.07) is 0. The third kappa shape index (κ3) is 4.42. The Bertz CT molecular complexity index is 412. The molecule has 5 heteroatoms. The van der Waals surface area contributed by atoms with Gasteiger partial charge in [0.25, 0.3) is 0 Å². The monoisotopic (exact) mass is 336 g/mol. The third-order valence-corrected chi connectivity index (χ3v) is 6.48. The Morgan fingerprint density at radius 1 is 1.17 bits per heavy atom. The molecule has 2 saturated heterocycles. The normalized spacial score (nSPS) is 25.8. The highest BCUT2D eigenvalue weighted by molar-refractivity contribution is 5.80. The molecule has 0 unspecified atom stereocenters. The predicted octanol–water partition coefficient (Wildman–Crippen LogP) is 2.19. The molecule has 1 saturated carbocycles. The van der Waals surface area contributed by atoms with E-state index in [-0.39, 0.29) is 0 Å². The minimum absolute atomic E-state index is 0.615. The molecule has 1 spiro atoms. The Morgan fingerprint density at radius 3 is 2.58 bits per heavy atom. The number of ether oxygens (including phenoxy) is 1. The zero-order chi connectivity index (χ0) is 16.8. The van der Waals surface area contributed by atoms with Crippen LogP contribution in [0.3, 0.4) is 0 Å². The van der Waals surface area contributed by atoms with E-state index in [1.807, 2.05) is 7.05 Å². The van der Waals surface area contributed by atoms with Crippen molar-refractivity contribution in [1.29, 1.82) is 0 Å². The van der Waals surface area contributed by atoms with E-state index in [1.54, 1.807) is 7.11 Å². The molecular weight excluding hydrogens is 300 g/mol. The molecule has 2 aliphatic heterocycles. The Kier molecular flexibility index (Phi) is 6.39. The summed E-state index contributed by atoms with van der Waals surface area (Å²) in [5.74, 6) is 1.92. The maximum absolute atomic E-state index is 5.19. The molecule has 0 atom stereocenters. The molecule has 2 heterocycles. The molecule has 24 heavy (non-hydrogen) atoms. The summed E-state index contributed by atoms with van der Waals surface area (Å²) in [5, 5.41) is 3.68. The van der Waals surface area contributed by atoms with Gasteiger partial charge in [-0.25, -0.2) is 0 Å². The topological polar surface area (TPSA) is 40.1 Å². The predicted molar refractivity (Wildman–Crippen MR) is 99.5 cm³/mol. The van der Waals surface area contributed by atoms with Crippen LogP contribution in [-0.2, 0) is 4.74 Å². The first-order valence-corrected chi connectivity index (χ1v) is 9.92. The fraction of sp³-hybridized carbons (Fsp3) is 0.947. The van der Waals surface area contributed by atoms with Gasteiger partial charge in [-0.2, -0.15) is 0 Å². The van der Waals surface area contributed by atoms with E-state index in [0.717, 1.165) is 31.6 Å². The van der Waals surface area contributed by atoms with Crippen molar-refractivity contribution in [1.82, 2.24) is 15.1 Å². The molecule has 0 aromatic rings. The second-order valence-electron chi connectivity index (χ2n) is 8.08. The molecule has 138 valence electrons. The van der Waals surface area contributed by atoms with Crippen LogP contribution in [-0.4, -0.2) is 75.8 Å². The molecule has 0 aromatic heterocycles. The van der Waals surface area contributed by atoms with E-state index in [1.165, 1.54) is 71.1 Å². The van der Waals surface area contributed by atoms with Crippen LogP contribution in [0.2, 0.25) is 0 Å². The van der Waals surface area contributed by atoms with Gasteiger partial charge in [-0.15, -0.1) is 0 Å². The molecule has 5 nitrogen and oxygen atoms in total. The van der Waals surface area contributed by atoms with Gasteiger partial charge >= 0.3 is 0 Å². The Balaban J connectivity index is 1.39. The van der Waals surface area contributed by atoms with Crippen molar-refractivity contribution in [2.75, 3.05) is 60.0 Å². The minimum Gasteiger partial charge on any atom is -0.383 e. The highest BCUT2D eigenvalue weighted by atomic mass is 16.5. The summed E-state index contributed by atoms with van der Waals surface area (Å²) in [7, 11) is 3.73. The van der Waals surface area contributed by atoms with Crippen molar-refractivity contribution in [2.24, 2.45) is 16.3 Å². The molecule has 3 rings (SSSR count). The third-order valence-electron chi connectivity index (χ3n) is 6.48. The average molecular weight is 337 g/mol. The van der Waals surface area contributed by atoms with Crippen molar-refractivity contribution in [2.45, 2.75) is 44.9 Å². The lowest BCUT2D eigenvalue weighted by Crippen LogP contribution is -2.45. The SMILES string of the molecule is CN=C(NCC1CCN(CCOC)CC1)N1CCC2(CCCC2)C1. The number of rotatable bonds is 5. The summed E-state index contributed by atoms with van der Waals surface area (Å²) in [4.78, 5) is 9.61. The van der Waals surface area contributed by atoms with Gasteiger partial charge in [0, 0.05) is 40.3 Å². The highest BCUT2D eigenvalue weighted by Gasteiger charge is 2.41. The van der Waals surface area contributed by atoms with Crippen LogP contribution >= 0.6 is 0 Å². The number of nitrogens with zero attached hydrogens (tertiary/aromatic N) is 3. The fourth-order valence-electron chi connectivity index (χ4n) is 4.85. The molecule has 0 amide bonds. The van der Waals surface area contributed by atoms with E-state index < -0.39 is 0 Å². The first kappa shape index (κ1) is 18.0. The summed E-state index contributed by atoms with van der Waals surface area (Å²) in [6.07, 6.45) is 9.67. The number of guanidine groups is 1. The average Bonchev–Trinajstić information content (AvgIpc) is 3.25. The second-order valence-corrected chi connectivity index (χ2v) is 8.08. The molecular formula is C19H36N4O. The smallest absolute Gasteiger partial charge is 0.193 e. The zero-order valence-electron chi connectivity index (χ0n) is 15.7. The van der Waals surface area contributed by atoms with Crippen LogP contribution in [0.25, 0.3) is 0 Å². The molecule has 3 aliphatic rings. The summed E-state index contributed by atoms with van der Waals surface area (Å²) < 4.78 is 5.19. The lowest BCUT2D eigenvalue weighted by molar-refractivity contribution is 0.120. The van der Waals surface area contributed by atoms with Crippen LogP contribution in [0, 0.1) is 11.3 Å². The molecule has 1 aliphatic carbocycles. The van der Waals surface area contributed by atoms with Gasteiger partial charge in [-0.3, -0.25) is 4.99 Å². The van der Waals surface area contributed by atoms with Crippen LogP contribution in [0.4, 0.5) is 0 Å². The van der Waals surface area contributed by atoms with E-state index in [2.05, 4.69) is 20.1 Å². The fourth-order valence-corrected chi connectivity index (χ4v) is 4.85. The van der Waals surface area contributed by atoms with Gasteiger partial charge in [0.1, 0.15) is 0 Å². The number of likely N-dealkylation sites (tertiary alicyclic amines) is 2. The highest BCUT2D eigenvalue weighted by Crippen LogP contribution is 2.45. The Morgan fingerprint density at radius 2 is 1.92 bits per heavy atom. The minimum atomic E-state index is 0.615. The lowest BCUT2D eigenvalue weighted by Gasteiger charge is -2.33. The van der Waals surface area contributed by atoms with E-state index in [9.17, 15) is 0 Å². The number of piperidine rings is 1. The quantitative estimate of drug-likeness (QED) is 0.617. The van der Waals surface area contributed by atoms with Crippen molar-refractivity contribution in [3.05, 3.63) is 0 Å². The van der Waals surface area contributed by atoms with Gasteiger partial charge in [-0.1, -0.05) is 12.8 Å². The van der Waals surface area contributed by atoms with Crippen LogP contribution in [0.1, 0.15) is 44.9 Å². The molecule has 0 bridgehead atoms. The lowest BCUT2D eigenvalue weighted by atomic mass is 9.86. The number of aliphatic imine (C=N–C) groups is 1. The van der Waals surface area contributed by atoms with Crippen molar-refractivity contribution < 1.29 is 4.74 Å². The zero-order valence-corrected chi connectivity index (χ0v) is 15.7. The van der Waals surface area contributed by atoms with Crippen molar-refractivity contribution >= 4 is 5.96 Å². The first-order chi connectivity index (χ1) is 11.7. The number of methoxy groups -OCH3 is 1. The standard InChI is InChI=1S/C19H36N4O/c1-20-18(23-12-9-19(16-23)7-3-4-8-19)21-15-17-5-10-22(11-6-17)13-14-24-2/h17H,3-16H2,1-2H3,(H,20,21). The van der Waals surface area contributed by atoms with E-state index >= 15 is 0 Å². The van der Waals surface area contributed by atoms with Gasteiger partial charge in [0.2, 0.25) is 0 Å². The second kappa shape index (κ2) is 8.52. The van der Waals surface area contributed by atoms with Gasteiger partial charge < -0.3 is 19.9 Å². The van der Waals surface area contributed by atoms with Crippen molar-refractivity contribution in [3.63, 3.8) is 0 Å². The molecule has 1 N–H and O–H groups in total. The molecule has 0 radical (unpaired) electrons. The molecule has 3 fully saturated rings. The van der Waals surface area contributed by atoms with Crippen LogP contribution < -0.4 is 5.32 Å². The van der Waals surface area contributed by atoms with Gasteiger partial charge in [0.15, 0.2) is 5.96 Å². The Hall–Kier alpha value is -0.810. The van der Waals surface area contributed by atoms with E-state index in [4.69, 9.17) is 4.74 Å². The number of hydrogen-bond donors (Lipinski definition) is 1. The molecule has 0 aromatic carbocycles. The largest absolute Gasteiger partial charge is 0.383 e. The van der Waals surface area contributed by atoms with Crippen LogP contribution in [0.15, 0.2) is 4.99 Å². The number of nitrogens with one attached hydrogen (secondary N) is 1. The summed E-state index contributed by atoms with van der Waals surface area (Å²) in [5.41, 5.74) is 0.615. The van der Waals surface area contributed by atoms with E-state index in [0.29, 0.717) is 5.41 Å². The van der Waals surface area contributed by atoms with Gasteiger partial charge in [0.05, 0.1) is 6.61 Å².